The van der Waals surface area contributed by atoms with Crippen LogP contribution in [0.3, 0.4) is 0 Å². The first kappa shape index (κ1) is 20.8. The molecule has 1 saturated carbocycles. The molecule has 3 atom stereocenters. The van der Waals surface area contributed by atoms with Crippen molar-refractivity contribution in [1.82, 2.24) is 0 Å². The molecule has 1 aliphatic carbocycles. The van der Waals surface area contributed by atoms with E-state index in [-0.39, 0.29) is 23.6 Å². The maximum atomic E-state index is 13.8. The SMILES string of the molecule is CC(C)CC1(CCCc2ccccc2)OC(=O)C(C(c2ccccc2)C2CC2)C1=O. The summed E-state index contributed by atoms with van der Waals surface area (Å²) in [4.78, 5) is 26.9. The molecule has 2 aromatic carbocycles. The van der Waals surface area contributed by atoms with Crippen molar-refractivity contribution in [2.45, 2.75) is 63.9 Å². The summed E-state index contributed by atoms with van der Waals surface area (Å²) >= 11 is 0. The number of rotatable bonds is 9. The Balaban J connectivity index is 1.57. The number of ketones is 1. The molecule has 2 fully saturated rings. The Bertz CT molecular complexity index is 869. The Morgan fingerprint density at radius 1 is 0.967 bits per heavy atom. The number of cyclic esters (lactones) is 1. The molecule has 0 radical (unpaired) electrons. The molecule has 0 N–H and O–H groups in total. The van der Waals surface area contributed by atoms with Crippen molar-refractivity contribution in [1.29, 1.82) is 0 Å². The number of benzene rings is 2. The van der Waals surface area contributed by atoms with Gasteiger partial charge in [-0.15, -0.1) is 0 Å². The van der Waals surface area contributed by atoms with Crippen LogP contribution < -0.4 is 0 Å². The van der Waals surface area contributed by atoms with Crippen LogP contribution in [0.4, 0.5) is 0 Å². The van der Waals surface area contributed by atoms with Crippen LogP contribution in [-0.4, -0.2) is 17.4 Å². The lowest BCUT2D eigenvalue weighted by atomic mass is 9.74. The van der Waals surface area contributed by atoms with Crippen LogP contribution in [0.2, 0.25) is 0 Å². The number of carbonyl (C=O) groups is 2. The lowest BCUT2D eigenvalue weighted by molar-refractivity contribution is -0.155. The average molecular weight is 405 g/mol. The van der Waals surface area contributed by atoms with Crippen LogP contribution >= 0.6 is 0 Å². The van der Waals surface area contributed by atoms with E-state index in [0.717, 1.165) is 31.2 Å². The Labute approximate surface area is 179 Å². The number of Topliss-reactive ketones (excluding diaryl/α,β-unsaturated/α-hetero) is 1. The second kappa shape index (κ2) is 8.75. The fourth-order valence-electron chi connectivity index (χ4n) is 5.17. The number of hydrogen-bond donors (Lipinski definition) is 0. The van der Waals surface area contributed by atoms with Crippen molar-refractivity contribution >= 4 is 11.8 Å². The molecule has 3 heteroatoms. The van der Waals surface area contributed by atoms with Crippen molar-refractivity contribution < 1.29 is 14.3 Å². The van der Waals surface area contributed by atoms with Crippen molar-refractivity contribution in [3.8, 4) is 0 Å². The summed E-state index contributed by atoms with van der Waals surface area (Å²) in [5.74, 6) is -0.290. The highest BCUT2D eigenvalue weighted by molar-refractivity contribution is 6.10. The van der Waals surface area contributed by atoms with Gasteiger partial charge in [0.15, 0.2) is 11.4 Å². The number of hydrogen-bond acceptors (Lipinski definition) is 3. The fraction of sp³-hybridized carbons (Fsp3) is 0.481. The average Bonchev–Trinajstić information content (AvgIpc) is 3.53. The first-order valence-electron chi connectivity index (χ1n) is 11.4. The molecule has 30 heavy (non-hydrogen) atoms. The first-order chi connectivity index (χ1) is 14.5. The summed E-state index contributed by atoms with van der Waals surface area (Å²) < 4.78 is 6.01. The normalized spacial score (nSPS) is 24.8. The molecule has 0 bridgehead atoms. The minimum Gasteiger partial charge on any atom is -0.450 e. The van der Waals surface area contributed by atoms with Gasteiger partial charge in [0.1, 0.15) is 5.92 Å². The molecule has 4 rings (SSSR count). The molecule has 0 amide bonds. The van der Waals surface area contributed by atoms with E-state index in [1.54, 1.807) is 0 Å². The predicted octanol–water partition coefficient (Wildman–Crippen LogP) is 5.73. The van der Waals surface area contributed by atoms with Crippen LogP contribution in [0.1, 0.15) is 63.0 Å². The first-order valence-corrected chi connectivity index (χ1v) is 11.4. The van der Waals surface area contributed by atoms with Crippen molar-refractivity contribution in [3.63, 3.8) is 0 Å². The van der Waals surface area contributed by atoms with Gasteiger partial charge < -0.3 is 4.74 Å². The largest absolute Gasteiger partial charge is 0.450 e. The summed E-state index contributed by atoms with van der Waals surface area (Å²) in [6.45, 7) is 4.20. The van der Waals surface area contributed by atoms with E-state index < -0.39 is 11.5 Å². The van der Waals surface area contributed by atoms with Gasteiger partial charge in [0, 0.05) is 5.92 Å². The smallest absolute Gasteiger partial charge is 0.318 e. The Kier molecular flexibility index (Phi) is 6.08. The summed E-state index contributed by atoms with van der Waals surface area (Å²) in [5.41, 5.74) is 1.39. The summed E-state index contributed by atoms with van der Waals surface area (Å²) in [6.07, 6.45) is 5.11. The van der Waals surface area contributed by atoms with Crippen LogP contribution in [0, 0.1) is 17.8 Å². The van der Waals surface area contributed by atoms with Crippen LogP contribution in [-0.2, 0) is 20.7 Å². The lowest BCUT2D eigenvalue weighted by Gasteiger charge is -2.29. The molecule has 3 nitrogen and oxygen atoms in total. The van der Waals surface area contributed by atoms with Crippen LogP contribution in [0.15, 0.2) is 60.7 Å². The predicted molar refractivity (Wildman–Crippen MR) is 118 cm³/mol. The molecule has 2 aromatic rings. The molecule has 1 aliphatic heterocycles. The van der Waals surface area contributed by atoms with E-state index in [1.165, 1.54) is 5.56 Å². The molecule has 158 valence electrons. The lowest BCUT2D eigenvalue weighted by Crippen LogP contribution is -2.40. The second-order valence-corrected chi connectivity index (χ2v) is 9.47. The number of esters is 1. The van der Waals surface area contributed by atoms with Gasteiger partial charge in [-0.3, -0.25) is 9.59 Å². The number of aryl methyl sites for hydroxylation is 1. The van der Waals surface area contributed by atoms with Crippen LogP contribution in [0.5, 0.6) is 0 Å². The highest BCUT2D eigenvalue weighted by Gasteiger charge is 2.59. The van der Waals surface area contributed by atoms with Gasteiger partial charge in [0.2, 0.25) is 0 Å². The summed E-state index contributed by atoms with van der Waals surface area (Å²) in [6, 6.07) is 20.4. The van der Waals surface area contributed by atoms with E-state index in [1.807, 2.05) is 36.4 Å². The van der Waals surface area contributed by atoms with E-state index >= 15 is 0 Å². The Morgan fingerprint density at radius 2 is 1.60 bits per heavy atom. The quantitative estimate of drug-likeness (QED) is 0.396. The minimum atomic E-state index is -0.966. The molecule has 0 spiro atoms. The zero-order valence-electron chi connectivity index (χ0n) is 18.1. The van der Waals surface area contributed by atoms with Gasteiger partial charge in [0.05, 0.1) is 0 Å². The monoisotopic (exact) mass is 404 g/mol. The maximum absolute atomic E-state index is 13.8. The zero-order chi connectivity index (χ0) is 21.1. The minimum absolute atomic E-state index is 0.0232. The van der Waals surface area contributed by atoms with Gasteiger partial charge in [0.25, 0.3) is 0 Å². The topological polar surface area (TPSA) is 43.4 Å². The molecule has 2 aliphatic rings. The van der Waals surface area contributed by atoms with Crippen LogP contribution in [0.25, 0.3) is 0 Å². The Morgan fingerprint density at radius 3 is 2.20 bits per heavy atom. The zero-order valence-corrected chi connectivity index (χ0v) is 18.1. The van der Waals surface area contributed by atoms with E-state index in [9.17, 15) is 9.59 Å². The molecular formula is C27H32O3. The van der Waals surface area contributed by atoms with E-state index in [2.05, 4.69) is 38.1 Å². The third-order valence-corrected chi connectivity index (χ3v) is 6.58. The fourth-order valence-corrected chi connectivity index (χ4v) is 5.17. The highest BCUT2D eigenvalue weighted by atomic mass is 16.6. The van der Waals surface area contributed by atoms with Gasteiger partial charge in [-0.05, 0) is 61.5 Å². The maximum Gasteiger partial charge on any atom is 0.318 e. The van der Waals surface area contributed by atoms with E-state index in [4.69, 9.17) is 4.74 Å². The summed E-state index contributed by atoms with van der Waals surface area (Å²) in [7, 11) is 0. The third-order valence-electron chi connectivity index (χ3n) is 6.58. The van der Waals surface area contributed by atoms with Crippen molar-refractivity contribution in [2.75, 3.05) is 0 Å². The van der Waals surface area contributed by atoms with Gasteiger partial charge in [-0.25, -0.2) is 0 Å². The second-order valence-electron chi connectivity index (χ2n) is 9.47. The van der Waals surface area contributed by atoms with Gasteiger partial charge in [-0.2, -0.15) is 0 Å². The molecular weight excluding hydrogens is 372 g/mol. The third kappa shape index (κ3) is 4.35. The Hall–Kier alpha value is -2.42. The van der Waals surface area contributed by atoms with Crippen molar-refractivity contribution in [2.24, 2.45) is 17.8 Å². The molecule has 0 aromatic heterocycles. The highest BCUT2D eigenvalue weighted by Crippen LogP contribution is 2.51. The standard InChI is InChI=1S/C27H32O3/c1-19(2)18-27(17-9-12-20-10-5-3-6-11-20)25(28)24(26(29)30-27)23(22-15-16-22)21-13-7-4-8-14-21/h3-8,10-11,13-14,19,22-24H,9,12,15-18H2,1-2H3. The summed E-state index contributed by atoms with van der Waals surface area (Å²) in [5, 5.41) is 0. The van der Waals surface area contributed by atoms with E-state index in [0.29, 0.717) is 18.8 Å². The number of ether oxygens (including phenoxy) is 1. The molecule has 3 unspecified atom stereocenters. The molecule has 1 saturated heterocycles. The van der Waals surface area contributed by atoms with Gasteiger partial charge in [-0.1, -0.05) is 74.5 Å². The van der Waals surface area contributed by atoms with Crippen molar-refractivity contribution in [3.05, 3.63) is 71.8 Å². The number of carbonyl (C=O) groups excluding carboxylic acids is 2. The van der Waals surface area contributed by atoms with Gasteiger partial charge >= 0.3 is 5.97 Å². The molecule has 1 heterocycles.